The Bertz CT molecular complexity index is 668. The topological polar surface area (TPSA) is 60.0 Å². The molecule has 0 bridgehead atoms. The fraction of sp³-hybridized carbons (Fsp3) is 0.619. The van der Waals surface area contributed by atoms with E-state index >= 15 is 0 Å². The zero-order chi connectivity index (χ0) is 19.9. The van der Waals surface area contributed by atoms with Gasteiger partial charge in [-0.15, -0.1) is 35.7 Å². The maximum atomic E-state index is 12.0. The molecule has 0 radical (unpaired) electrons. The van der Waals surface area contributed by atoms with Gasteiger partial charge in [-0.3, -0.25) is 9.69 Å². The van der Waals surface area contributed by atoms with Gasteiger partial charge in [-0.25, -0.2) is 4.99 Å². The second kappa shape index (κ2) is 12.0. The molecule has 2 aliphatic rings. The van der Waals surface area contributed by atoms with Crippen LogP contribution in [0.15, 0.2) is 40.2 Å². The molecule has 1 saturated heterocycles. The van der Waals surface area contributed by atoms with Crippen LogP contribution in [0.25, 0.3) is 0 Å². The Labute approximate surface area is 196 Å². The van der Waals surface area contributed by atoms with E-state index in [1.165, 1.54) is 17.7 Å². The molecule has 1 aromatic rings. The summed E-state index contributed by atoms with van der Waals surface area (Å²) >= 11 is 1.82. The number of benzene rings is 1. The molecular weight excluding hydrogens is 497 g/mol. The highest BCUT2D eigenvalue weighted by Crippen LogP contribution is 2.33. The molecule has 3 rings (SSSR count). The summed E-state index contributed by atoms with van der Waals surface area (Å²) in [6, 6.07) is 12.2. The van der Waals surface area contributed by atoms with Crippen molar-refractivity contribution in [2.75, 3.05) is 39.5 Å². The van der Waals surface area contributed by atoms with E-state index in [4.69, 9.17) is 0 Å². The van der Waals surface area contributed by atoms with Crippen molar-refractivity contribution in [3.05, 3.63) is 30.3 Å². The number of carbonyl (C=O) groups excluding carboxylic acids is 1. The van der Waals surface area contributed by atoms with E-state index in [9.17, 15) is 4.79 Å². The number of nitrogens with zero attached hydrogens (tertiary/aromatic N) is 3. The van der Waals surface area contributed by atoms with Crippen LogP contribution in [0.5, 0.6) is 0 Å². The van der Waals surface area contributed by atoms with E-state index in [-0.39, 0.29) is 36.4 Å². The third kappa shape index (κ3) is 7.97. The zero-order valence-corrected chi connectivity index (χ0v) is 20.8. The lowest BCUT2D eigenvalue weighted by Crippen LogP contribution is -2.46. The minimum absolute atomic E-state index is 0. The summed E-state index contributed by atoms with van der Waals surface area (Å²) < 4.78 is 0. The van der Waals surface area contributed by atoms with Gasteiger partial charge in [0.2, 0.25) is 5.91 Å². The average Bonchev–Trinajstić information content (AvgIpc) is 3.46. The maximum Gasteiger partial charge on any atom is 0.243 e. The molecule has 2 fully saturated rings. The van der Waals surface area contributed by atoms with E-state index in [0.717, 1.165) is 37.3 Å². The summed E-state index contributed by atoms with van der Waals surface area (Å²) in [5, 5.41) is 6.98. The van der Waals surface area contributed by atoms with Crippen LogP contribution in [0.1, 0.15) is 26.2 Å². The van der Waals surface area contributed by atoms with Crippen LogP contribution < -0.4 is 10.6 Å². The summed E-state index contributed by atoms with van der Waals surface area (Å²) in [6.07, 6.45) is 3.80. The van der Waals surface area contributed by atoms with Crippen LogP contribution in [0.3, 0.4) is 0 Å². The van der Waals surface area contributed by atoms with Crippen molar-refractivity contribution >= 4 is 47.6 Å². The lowest BCUT2D eigenvalue weighted by molar-refractivity contribution is -0.127. The van der Waals surface area contributed by atoms with Gasteiger partial charge in [0.25, 0.3) is 0 Å². The van der Waals surface area contributed by atoms with E-state index in [2.05, 4.69) is 51.7 Å². The summed E-state index contributed by atoms with van der Waals surface area (Å²) in [4.78, 5) is 22.0. The van der Waals surface area contributed by atoms with Crippen LogP contribution in [0.4, 0.5) is 0 Å². The van der Waals surface area contributed by atoms with Crippen molar-refractivity contribution in [2.45, 2.75) is 49.2 Å². The van der Waals surface area contributed by atoms with E-state index in [1.54, 1.807) is 19.0 Å². The summed E-state index contributed by atoms with van der Waals surface area (Å²) in [7, 11) is 3.53. The van der Waals surface area contributed by atoms with Crippen molar-refractivity contribution in [2.24, 2.45) is 4.99 Å². The maximum absolute atomic E-state index is 12.0. The number of halogens is 1. The quantitative estimate of drug-likeness (QED) is 0.178. The third-order valence-electron chi connectivity index (χ3n) is 5.26. The standard InChI is InChI=1S/C21H33N5OS.HI/c1-16-13-17(15-26(16)18-9-10-18)24-21(23-14-20(27)25(2)3)22-11-12-28-19-7-5-4-6-8-19;/h4-8,16-18H,9-15H2,1-3H3,(H2,22,23,24);1H. The zero-order valence-electron chi connectivity index (χ0n) is 17.6. The van der Waals surface area contributed by atoms with Crippen molar-refractivity contribution in [1.29, 1.82) is 0 Å². The molecule has 29 heavy (non-hydrogen) atoms. The van der Waals surface area contributed by atoms with E-state index < -0.39 is 0 Å². The first-order valence-corrected chi connectivity index (χ1v) is 11.2. The van der Waals surface area contributed by atoms with Crippen molar-refractivity contribution in [3.63, 3.8) is 0 Å². The Morgan fingerprint density at radius 1 is 1.28 bits per heavy atom. The van der Waals surface area contributed by atoms with Crippen molar-refractivity contribution in [1.82, 2.24) is 20.4 Å². The molecule has 1 amide bonds. The Balaban J connectivity index is 0.00000300. The third-order valence-corrected chi connectivity index (χ3v) is 6.27. The second-order valence-corrected chi connectivity index (χ2v) is 9.06. The highest BCUT2D eigenvalue weighted by molar-refractivity contribution is 14.0. The number of hydrogen-bond donors (Lipinski definition) is 2. The monoisotopic (exact) mass is 531 g/mol. The molecule has 0 spiro atoms. The van der Waals surface area contributed by atoms with Gasteiger partial charge in [-0.05, 0) is 38.3 Å². The number of hydrogen-bond acceptors (Lipinski definition) is 4. The lowest BCUT2D eigenvalue weighted by Gasteiger charge is -2.20. The summed E-state index contributed by atoms with van der Waals surface area (Å²) in [6.45, 7) is 4.35. The van der Waals surface area contributed by atoms with Gasteiger partial charge in [0.1, 0.15) is 6.54 Å². The molecule has 2 atom stereocenters. The molecule has 1 aromatic carbocycles. The number of guanidine groups is 1. The number of amides is 1. The molecule has 1 aliphatic carbocycles. The number of likely N-dealkylation sites (N-methyl/N-ethyl adjacent to an activating group) is 1. The summed E-state index contributed by atoms with van der Waals surface area (Å²) in [5.41, 5.74) is 0. The molecule has 162 valence electrons. The van der Waals surface area contributed by atoms with E-state index in [1.807, 2.05) is 17.8 Å². The number of nitrogens with one attached hydrogen (secondary N) is 2. The first-order valence-electron chi connectivity index (χ1n) is 10.2. The predicted octanol–water partition coefficient (Wildman–Crippen LogP) is 2.65. The molecule has 6 nitrogen and oxygen atoms in total. The van der Waals surface area contributed by atoms with Gasteiger partial charge in [-0.2, -0.15) is 0 Å². The first-order chi connectivity index (χ1) is 13.5. The minimum Gasteiger partial charge on any atom is -0.356 e. The van der Waals surface area contributed by atoms with Crippen LogP contribution >= 0.6 is 35.7 Å². The molecule has 0 aromatic heterocycles. The fourth-order valence-corrected chi connectivity index (χ4v) is 4.35. The Morgan fingerprint density at radius 3 is 2.66 bits per heavy atom. The SMILES string of the molecule is CC1CC(NC(=NCC(=O)N(C)C)NCCSc2ccccc2)CN1C1CC1.I. The number of rotatable bonds is 8. The van der Waals surface area contributed by atoms with E-state index in [0.29, 0.717) is 12.1 Å². The fourth-order valence-electron chi connectivity index (χ4n) is 3.56. The van der Waals surface area contributed by atoms with Gasteiger partial charge < -0.3 is 15.5 Å². The average molecular weight is 532 g/mol. The second-order valence-electron chi connectivity index (χ2n) is 7.90. The molecule has 1 heterocycles. The number of aliphatic imine (C=N–C) groups is 1. The Hall–Kier alpha value is -1.000. The Kier molecular flexibility index (Phi) is 10.0. The smallest absolute Gasteiger partial charge is 0.243 e. The van der Waals surface area contributed by atoms with Crippen molar-refractivity contribution < 1.29 is 4.79 Å². The molecule has 8 heteroatoms. The lowest BCUT2D eigenvalue weighted by atomic mass is 10.2. The van der Waals surface area contributed by atoms with Crippen molar-refractivity contribution in [3.8, 4) is 0 Å². The van der Waals surface area contributed by atoms with Crippen LogP contribution in [0, 0.1) is 0 Å². The van der Waals surface area contributed by atoms with Gasteiger partial charge in [0.05, 0.1) is 0 Å². The highest BCUT2D eigenvalue weighted by Gasteiger charge is 2.38. The highest BCUT2D eigenvalue weighted by atomic mass is 127. The van der Waals surface area contributed by atoms with Gasteiger partial charge in [-0.1, -0.05) is 18.2 Å². The van der Waals surface area contributed by atoms with Crippen LogP contribution in [-0.2, 0) is 4.79 Å². The minimum atomic E-state index is 0. The van der Waals surface area contributed by atoms with Crippen LogP contribution in [0.2, 0.25) is 0 Å². The number of carbonyl (C=O) groups is 1. The normalized spacial score (nSPS) is 22.1. The predicted molar refractivity (Wildman–Crippen MR) is 132 cm³/mol. The molecule has 2 unspecified atom stereocenters. The summed E-state index contributed by atoms with van der Waals surface area (Å²) in [5.74, 6) is 1.71. The van der Waals surface area contributed by atoms with Gasteiger partial charge in [0.15, 0.2) is 5.96 Å². The van der Waals surface area contributed by atoms with Gasteiger partial charge in [0, 0.05) is 56.0 Å². The molecular formula is C21H34IN5OS. The Morgan fingerprint density at radius 2 is 2.00 bits per heavy atom. The van der Waals surface area contributed by atoms with Gasteiger partial charge >= 0.3 is 0 Å². The molecule has 1 aliphatic heterocycles. The number of thioether (sulfide) groups is 1. The first kappa shape index (κ1) is 24.3. The largest absolute Gasteiger partial charge is 0.356 e. The number of likely N-dealkylation sites (tertiary alicyclic amines) is 1. The van der Waals surface area contributed by atoms with Crippen LogP contribution in [-0.4, -0.2) is 79.3 Å². The molecule has 2 N–H and O–H groups in total. The molecule has 1 saturated carbocycles.